The number of halogens is 2. The number of hydrogen-bond acceptors (Lipinski definition) is 4. The van der Waals surface area contributed by atoms with Crippen molar-refractivity contribution in [2.24, 2.45) is 0 Å². The first-order chi connectivity index (χ1) is 5.39. The molecule has 8 heteroatoms. The predicted octanol–water partition coefficient (Wildman–Crippen LogP) is 3.44. The molecule has 0 rings (SSSR count). The molecule has 0 aromatic carbocycles. The van der Waals surface area contributed by atoms with Crippen molar-refractivity contribution in [2.75, 3.05) is 27.2 Å². The van der Waals surface area contributed by atoms with Crippen LogP contribution >= 0.6 is 54.5 Å². The Morgan fingerprint density at radius 3 is 1.92 bits per heavy atom. The second-order valence-corrected chi connectivity index (χ2v) is 23.5. The molecule has 0 bridgehead atoms. The zero-order valence-electron chi connectivity index (χ0n) is 7.04. The van der Waals surface area contributed by atoms with Crippen LogP contribution < -0.4 is 0 Å². The Hall–Kier alpha value is 2.00. The van der Waals surface area contributed by atoms with Gasteiger partial charge in [0.1, 0.15) is 0 Å². The Morgan fingerprint density at radius 2 is 1.67 bits per heavy atom. The summed E-state index contributed by atoms with van der Waals surface area (Å²) in [6.45, 7) is 0. The fourth-order valence-corrected chi connectivity index (χ4v) is 11.5. The molecular weight excluding hydrogens is 428 g/mol. The van der Waals surface area contributed by atoms with Crippen LogP contribution in [0.1, 0.15) is 0 Å². The van der Waals surface area contributed by atoms with Crippen LogP contribution in [0.15, 0.2) is 0 Å². The average Bonchev–Trinajstić information content (AvgIpc) is 2.04. The molecule has 0 amide bonds. The zero-order valence-corrected chi connectivity index (χ0v) is 13.3. The summed E-state index contributed by atoms with van der Waals surface area (Å²) in [5, 5.41) is 0. The van der Waals surface area contributed by atoms with E-state index in [4.69, 9.17) is 13.6 Å². The van der Waals surface area contributed by atoms with Gasteiger partial charge in [0.15, 0.2) is 0 Å². The summed E-state index contributed by atoms with van der Waals surface area (Å²) in [7, 11) is 1.49. The molecule has 0 N–H and O–H groups in total. The standard InChI is InChI=1S/C4H12I2O4P2/c1-8-11(5,6)4-12(7,9-2)10-3/h11H,4H2,1-3H3. The van der Waals surface area contributed by atoms with Crippen molar-refractivity contribution < 1.29 is 18.1 Å². The van der Waals surface area contributed by atoms with Gasteiger partial charge < -0.3 is 0 Å². The van der Waals surface area contributed by atoms with Gasteiger partial charge in [-0.05, 0) is 0 Å². The van der Waals surface area contributed by atoms with Crippen molar-refractivity contribution >= 4 is 54.5 Å². The van der Waals surface area contributed by atoms with Crippen molar-refractivity contribution in [3.8, 4) is 0 Å². The summed E-state index contributed by atoms with van der Waals surface area (Å²) in [5.41, 5.74) is 0. The molecule has 0 atom stereocenters. The molecule has 0 aliphatic carbocycles. The second-order valence-electron chi connectivity index (χ2n) is 1.98. The van der Waals surface area contributed by atoms with Gasteiger partial charge in [-0.1, -0.05) is 0 Å². The van der Waals surface area contributed by atoms with E-state index in [1.165, 1.54) is 14.2 Å². The van der Waals surface area contributed by atoms with Crippen LogP contribution in [0.3, 0.4) is 0 Å². The van der Waals surface area contributed by atoms with Crippen molar-refractivity contribution in [1.82, 2.24) is 0 Å². The Labute approximate surface area is 99.0 Å². The summed E-state index contributed by atoms with van der Waals surface area (Å²) in [4.78, 5) is 0. The third kappa shape index (κ3) is 5.02. The average molecular weight is 440 g/mol. The minimum absolute atomic E-state index is 0.366. The zero-order chi connectivity index (χ0) is 9.83. The van der Waals surface area contributed by atoms with Gasteiger partial charge in [-0.2, -0.15) is 0 Å². The first-order valence-corrected chi connectivity index (χ1v) is 13.1. The molecule has 0 radical (unpaired) electrons. The van der Waals surface area contributed by atoms with Crippen LogP contribution in [-0.2, 0) is 18.1 Å². The first-order valence-electron chi connectivity index (χ1n) is 3.02. The monoisotopic (exact) mass is 440 g/mol. The third-order valence-corrected chi connectivity index (χ3v) is 14.7. The maximum atomic E-state index is 11.6. The van der Waals surface area contributed by atoms with E-state index < -0.39 is 10.4 Å². The topological polar surface area (TPSA) is 44.8 Å². The summed E-state index contributed by atoms with van der Waals surface area (Å²) >= 11 is 4.37. The van der Waals surface area contributed by atoms with Crippen LogP contribution in [0.25, 0.3) is 0 Å². The fourth-order valence-electron chi connectivity index (χ4n) is 0.494. The Bertz CT molecular complexity index is 178. The third-order valence-electron chi connectivity index (χ3n) is 1.23. The molecule has 0 saturated carbocycles. The molecular formula is C4H12I2O4P2. The van der Waals surface area contributed by atoms with Gasteiger partial charge >= 0.3 is 99.8 Å². The Balaban J connectivity index is 4.31. The summed E-state index contributed by atoms with van der Waals surface area (Å²) in [6.07, 6.45) is 0. The van der Waals surface area contributed by atoms with E-state index in [1.54, 1.807) is 7.11 Å². The van der Waals surface area contributed by atoms with Crippen LogP contribution in [-0.4, -0.2) is 27.2 Å². The van der Waals surface area contributed by atoms with Crippen molar-refractivity contribution in [3.63, 3.8) is 0 Å². The van der Waals surface area contributed by atoms with E-state index in [1.807, 2.05) is 0 Å². The van der Waals surface area contributed by atoms with E-state index in [9.17, 15) is 4.57 Å². The van der Waals surface area contributed by atoms with Crippen LogP contribution in [0.5, 0.6) is 0 Å². The fraction of sp³-hybridized carbons (Fsp3) is 1.00. The molecule has 0 aliphatic rings. The molecule has 12 heavy (non-hydrogen) atoms. The van der Waals surface area contributed by atoms with Crippen LogP contribution in [0.2, 0.25) is 0 Å². The molecule has 4 nitrogen and oxygen atoms in total. The van der Waals surface area contributed by atoms with E-state index >= 15 is 0 Å². The maximum absolute atomic E-state index is 11.6. The Morgan fingerprint density at radius 1 is 1.25 bits per heavy atom. The SMILES string of the molecule is COP(=O)(C[PH](I)(I)OC)OC. The van der Waals surface area contributed by atoms with Gasteiger partial charge in [0.2, 0.25) is 0 Å². The summed E-state index contributed by atoms with van der Waals surface area (Å²) in [6, 6.07) is 0. The van der Waals surface area contributed by atoms with Gasteiger partial charge in [0.25, 0.3) is 0 Å². The molecule has 0 unspecified atom stereocenters. The molecule has 0 spiro atoms. The second kappa shape index (κ2) is 5.78. The number of rotatable bonds is 5. The molecule has 0 aromatic heterocycles. The molecule has 0 saturated heterocycles. The van der Waals surface area contributed by atoms with E-state index in [0.29, 0.717) is 5.90 Å². The molecule has 0 fully saturated rings. The van der Waals surface area contributed by atoms with Gasteiger partial charge in [0, 0.05) is 0 Å². The Kier molecular flexibility index (Phi) is 6.74. The number of hydrogen-bond donors (Lipinski definition) is 0. The van der Waals surface area contributed by atoms with Crippen molar-refractivity contribution in [1.29, 1.82) is 0 Å². The van der Waals surface area contributed by atoms with E-state index in [-0.39, 0.29) is 0 Å². The summed E-state index contributed by atoms with van der Waals surface area (Å²) < 4.78 is 24.5. The predicted molar refractivity (Wildman–Crippen MR) is 69.9 cm³/mol. The minimum atomic E-state index is -2.90. The van der Waals surface area contributed by atoms with E-state index in [2.05, 4.69) is 44.1 Å². The van der Waals surface area contributed by atoms with Gasteiger partial charge in [-0.15, -0.1) is 0 Å². The first kappa shape index (κ1) is 14.0. The molecule has 0 aromatic rings. The molecule has 0 aliphatic heterocycles. The van der Waals surface area contributed by atoms with Crippen LogP contribution in [0, 0.1) is 0 Å². The van der Waals surface area contributed by atoms with Crippen LogP contribution in [0.4, 0.5) is 0 Å². The van der Waals surface area contributed by atoms with E-state index in [0.717, 1.165) is 0 Å². The van der Waals surface area contributed by atoms with Gasteiger partial charge in [-0.3, -0.25) is 0 Å². The molecule has 76 valence electrons. The normalized spacial score (nSPS) is 14.8. The molecule has 0 heterocycles. The van der Waals surface area contributed by atoms with Crippen molar-refractivity contribution in [3.05, 3.63) is 0 Å². The van der Waals surface area contributed by atoms with Gasteiger partial charge in [0.05, 0.1) is 0 Å². The van der Waals surface area contributed by atoms with Gasteiger partial charge in [-0.25, -0.2) is 0 Å². The quantitative estimate of drug-likeness (QED) is 0.486. The summed E-state index contributed by atoms with van der Waals surface area (Å²) in [5.74, 6) is 0.366. The van der Waals surface area contributed by atoms with Crippen molar-refractivity contribution in [2.45, 2.75) is 0 Å².